The molecule has 25 heavy (non-hydrogen) atoms. The van der Waals surface area contributed by atoms with Crippen LogP contribution in [0.15, 0.2) is 54.2 Å². The fourth-order valence-electron chi connectivity index (χ4n) is 2.29. The van der Waals surface area contributed by atoms with E-state index in [1.807, 2.05) is 29.8 Å². The third kappa shape index (κ3) is 4.49. The number of thiophene rings is 1. The first-order valence-electron chi connectivity index (χ1n) is 7.52. The Balaban J connectivity index is 1.63. The van der Waals surface area contributed by atoms with Crippen LogP contribution < -0.4 is 15.4 Å². The number of amides is 2. The molecule has 0 aliphatic rings. The number of rotatable bonds is 5. The van der Waals surface area contributed by atoms with Gasteiger partial charge in [0, 0.05) is 34.4 Å². The van der Waals surface area contributed by atoms with Gasteiger partial charge in [0.25, 0.3) is 0 Å². The van der Waals surface area contributed by atoms with Crippen molar-refractivity contribution >= 4 is 34.7 Å². The second-order valence-corrected chi connectivity index (χ2v) is 6.60. The lowest BCUT2D eigenvalue weighted by atomic mass is 10.2. The largest absolute Gasteiger partial charge is 0.495 e. The Bertz CT molecular complexity index is 869. The highest BCUT2D eigenvalue weighted by Gasteiger charge is 2.08. The summed E-state index contributed by atoms with van der Waals surface area (Å²) >= 11 is 7.61. The highest BCUT2D eigenvalue weighted by atomic mass is 35.5. The summed E-state index contributed by atoms with van der Waals surface area (Å²) in [5.74, 6) is 0.543. The minimum atomic E-state index is -0.345. The molecule has 7 heteroatoms. The van der Waals surface area contributed by atoms with Crippen molar-refractivity contribution in [1.82, 2.24) is 10.3 Å². The Morgan fingerprint density at radius 1 is 1.28 bits per heavy atom. The van der Waals surface area contributed by atoms with E-state index in [4.69, 9.17) is 16.3 Å². The van der Waals surface area contributed by atoms with Crippen LogP contribution in [0, 0.1) is 0 Å². The van der Waals surface area contributed by atoms with Gasteiger partial charge in [-0.1, -0.05) is 17.7 Å². The maximum Gasteiger partial charge on any atom is 0.319 e. The van der Waals surface area contributed by atoms with Gasteiger partial charge in [0.15, 0.2) is 0 Å². The van der Waals surface area contributed by atoms with Gasteiger partial charge in [-0.3, -0.25) is 4.98 Å². The van der Waals surface area contributed by atoms with E-state index >= 15 is 0 Å². The average Bonchev–Trinajstić information content (AvgIpc) is 3.15. The molecule has 0 fully saturated rings. The van der Waals surface area contributed by atoms with Crippen molar-refractivity contribution in [2.24, 2.45) is 0 Å². The van der Waals surface area contributed by atoms with E-state index in [0.29, 0.717) is 23.0 Å². The zero-order valence-corrected chi connectivity index (χ0v) is 15.0. The van der Waals surface area contributed by atoms with Gasteiger partial charge >= 0.3 is 6.03 Å². The van der Waals surface area contributed by atoms with Crippen molar-refractivity contribution in [3.63, 3.8) is 0 Å². The van der Waals surface area contributed by atoms with Crippen LogP contribution >= 0.6 is 22.9 Å². The van der Waals surface area contributed by atoms with E-state index in [2.05, 4.69) is 15.6 Å². The molecule has 2 aromatic heterocycles. The number of nitrogens with zero attached hydrogens (tertiary/aromatic N) is 1. The lowest BCUT2D eigenvalue weighted by Gasteiger charge is -2.11. The summed E-state index contributed by atoms with van der Waals surface area (Å²) in [4.78, 5) is 17.5. The van der Waals surface area contributed by atoms with Crippen molar-refractivity contribution in [2.75, 3.05) is 12.4 Å². The molecular weight excluding hydrogens is 358 g/mol. The molecule has 3 aromatic rings. The first kappa shape index (κ1) is 17.3. The minimum Gasteiger partial charge on any atom is -0.495 e. The van der Waals surface area contributed by atoms with E-state index in [-0.39, 0.29) is 6.03 Å². The minimum absolute atomic E-state index is 0.345. The molecule has 5 nitrogen and oxygen atoms in total. The van der Waals surface area contributed by atoms with Gasteiger partial charge in [-0.15, -0.1) is 11.3 Å². The van der Waals surface area contributed by atoms with Gasteiger partial charge in [-0.25, -0.2) is 4.79 Å². The smallest absolute Gasteiger partial charge is 0.319 e. The van der Waals surface area contributed by atoms with Crippen molar-refractivity contribution in [3.05, 3.63) is 64.8 Å². The van der Waals surface area contributed by atoms with Crippen LogP contribution in [0.2, 0.25) is 5.02 Å². The molecule has 0 atom stereocenters. The van der Waals surface area contributed by atoms with Gasteiger partial charge in [0.2, 0.25) is 0 Å². The summed E-state index contributed by atoms with van der Waals surface area (Å²) in [5, 5.41) is 8.08. The monoisotopic (exact) mass is 373 g/mol. The van der Waals surface area contributed by atoms with Gasteiger partial charge in [0.1, 0.15) is 5.75 Å². The number of anilines is 1. The van der Waals surface area contributed by atoms with Crippen LogP contribution in [0.3, 0.4) is 0 Å². The van der Waals surface area contributed by atoms with Crippen LogP contribution in [-0.4, -0.2) is 18.1 Å². The molecule has 2 heterocycles. The van der Waals surface area contributed by atoms with Gasteiger partial charge in [0.05, 0.1) is 12.8 Å². The highest BCUT2D eigenvalue weighted by Crippen LogP contribution is 2.27. The number of pyridine rings is 1. The standard InChI is InChI=1S/C18H16ClN3O2S/c1-24-16-5-4-14(19)8-15(16)22-18(23)21-10-12-7-13(11-20-9-12)17-3-2-6-25-17/h2-9,11H,10H2,1H3,(H2,21,22,23). The molecule has 0 spiro atoms. The Morgan fingerprint density at radius 3 is 2.92 bits per heavy atom. The number of urea groups is 1. The maximum absolute atomic E-state index is 12.1. The Kier molecular flexibility index (Phi) is 5.53. The van der Waals surface area contributed by atoms with Crippen LogP contribution in [-0.2, 0) is 6.54 Å². The lowest BCUT2D eigenvalue weighted by Crippen LogP contribution is -2.28. The second-order valence-electron chi connectivity index (χ2n) is 5.21. The normalized spacial score (nSPS) is 10.3. The first-order valence-corrected chi connectivity index (χ1v) is 8.77. The molecule has 1 aromatic carbocycles. The van der Waals surface area contributed by atoms with Crippen molar-refractivity contribution < 1.29 is 9.53 Å². The number of nitrogens with one attached hydrogen (secondary N) is 2. The number of aromatic nitrogens is 1. The maximum atomic E-state index is 12.1. The number of carbonyl (C=O) groups excluding carboxylic acids is 1. The number of carbonyl (C=O) groups is 1. The number of methoxy groups -OCH3 is 1. The third-order valence-corrected chi connectivity index (χ3v) is 4.62. The lowest BCUT2D eigenvalue weighted by molar-refractivity contribution is 0.251. The van der Waals surface area contributed by atoms with Crippen LogP contribution in [0.1, 0.15) is 5.56 Å². The SMILES string of the molecule is COc1ccc(Cl)cc1NC(=O)NCc1cncc(-c2cccs2)c1. The fraction of sp³-hybridized carbons (Fsp3) is 0.111. The van der Waals surface area contributed by atoms with Gasteiger partial charge < -0.3 is 15.4 Å². The van der Waals surface area contributed by atoms with E-state index < -0.39 is 0 Å². The molecule has 0 saturated carbocycles. The number of benzene rings is 1. The Hall–Kier alpha value is -2.57. The van der Waals surface area contributed by atoms with E-state index in [1.165, 1.54) is 7.11 Å². The molecule has 3 rings (SSSR count). The van der Waals surface area contributed by atoms with Crippen LogP contribution in [0.25, 0.3) is 10.4 Å². The number of halogens is 1. The summed E-state index contributed by atoms with van der Waals surface area (Å²) in [6.45, 7) is 0.362. The molecule has 0 saturated heterocycles. The van der Waals surface area contributed by atoms with E-state index in [0.717, 1.165) is 16.0 Å². The third-order valence-electron chi connectivity index (χ3n) is 3.46. The second kappa shape index (κ2) is 8.00. The molecule has 2 amide bonds. The average molecular weight is 374 g/mol. The zero-order chi connectivity index (χ0) is 17.6. The quantitative estimate of drug-likeness (QED) is 0.675. The summed E-state index contributed by atoms with van der Waals surface area (Å²) in [6.07, 6.45) is 3.55. The van der Waals surface area contributed by atoms with Crippen LogP contribution in [0.4, 0.5) is 10.5 Å². The summed E-state index contributed by atoms with van der Waals surface area (Å²) in [5.41, 5.74) is 2.46. The zero-order valence-electron chi connectivity index (χ0n) is 13.5. The van der Waals surface area contributed by atoms with Crippen molar-refractivity contribution in [3.8, 4) is 16.2 Å². The number of ether oxygens (including phenoxy) is 1. The molecule has 0 unspecified atom stereocenters. The molecule has 0 aliphatic carbocycles. The summed E-state index contributed by atoms with van der Waals surface area (Å²) in [7, 11) is 1.54. The molecule has 0 bridgehead atoms. The van der Waals surface area contributed by atoms with Gasteiger partial charge in [-0.2, -0.15) is 0 Å². The summed E-state index contributed by atoms with van der Waals surface area (Å²) in [6, 6.07) is 10.7. The number of hydrogen-bond donors (Lipinski definition) is 2. The first-order chi connectivity index (χ1) is 12.2. The molecule has 128 valence electrons. The molecule has 0 aliphatic heterocycles. The molecule has 2 N–H and O–H groups in total. The van der Waals surface area contributed by atoms with E-state index in [1.54, 1.807) is 35.7 Å². The van der Waals surface area contributed by atoms with Crippen molar-refractivity contribution in [2.45, 2.75) is 6.54 Å². The highest BCUT2D eigenvalue weighted by molar-refractivity contribution is 7.13. The summed E-state index contributed by atoms with van der Waals surface area (Å²) < 4.78 is 5.21. The Morgan fingerprint density at radius 2 is 2.16 bits per heavy atom. The van der Waals surface area contributed by atoms with E-state index in [9.17, 15) is 4.79 Å². The molecular formula is C18H16ClN3O2S. The predicted molar refractivity (Wildman–Crippen MR) is 101 cm³/mol. The predicted octanol–water partition coefficient (Wildman–Crippen LogP) is 4.79. The Labute approximate surface area is 154 Å². The molecule has 0 radical (unpaired) electrons. The van der Waals surface area contributed by atoms with Crippen LogP contribution in [0.5, 0.6) is 5.75 Å². The fourth-order valence-corrected chi connectivity index (χ4v) is 3.17. The number of hydrogen-bond acceptors (Lipinski definition) is 4. The topological polar surface area (TPSA) is 63.2 Å². The van der Waals surface area contributed by atoms with Gasteiger partial charge in [-0.05, 0) is 41.3 Å². The van der Waals surface area contributed by atoms with Crippen molar-refractivity contribution in [1.29, 1.82) is 0 Å².